The third kappa shape index (κ3) is 3.04. The molecule has 0 aromatic heterocycles. The van der Waals surface area contributed by atoms with E-state index in [0.29, 0.717) is 12.8 Å². The van der Waals surface area contributed by atoms with Crippen molar-refractivity contribution >= 4 is 12.1 Å². The van der Waals surface area contributed by atoms with Gasteiger partial charge in [-0.15, -0.1) is 0 Å². The van der Waals surface area contributed by atoms with Gasteiger partial charge in [0.1, 0.15) is 18.0 Å². The maximum atomic E-state index is 12.9. The lowest BCUT2D eigenvalue weighted by Gasteiger charge is -2.16. The van der Waals surface area contributed by atoms with Gasteiger partial charge in [0.25, 0.3) is 0 Å². The Bertz CT molecular complexity index is 561. The Labute approximate surface area is 126 Å². The van der Waals surface area contributed by atoms with Crippen LogP contribution in [0.1, 0.15) is 24.4 Å². The second kappa shape index (κ2) is 5.92. The number of nitrogens with two attached hydrogens (primary N) is 1. The normalized spacial score (nSPS) is 27.7. The monoisotopic (exact) mass is 308 g/mol. The fourth-order valence-corrected chi connectivity index (χ4v) is 2.88. The maximum Gasteiger partial charge on any atom is 0.509 e. The summed E-state index contributed by atoms with van der Waals surface area (Å²) in [5.41, 5.74) is 6.72. The van der Waals surface area contributed by atoms with E-state index < -0.39 is 12.2 Å². The van der Waals surface area contributed by atoms with Crippen LogP contribution in [0.15, 0.2) is 24.3 Å². The van der Waals surface area contributed by atoms with Crippen molar-refractivity contribution in [2.75, 3.05) is 6.54 Å². The Morgan fingerprint density at radius 1 is 1.27 bits per heavy atom. The lowest BCUT2D eigenvalue weighted by Crippen LogP contribution is -2.35. The largest absolute Gasteiger partial charge is 0.509 e. The molecule has 1 aliphatic carbocycles. The first-order chi connectivity index (χ1) is 10.5. The highest BCUT2D eigenvalue weighted by Gasteiger charge is 2.47. The number of ether oxygens (including phenoxy) is 2. The molecule has 4 atom stereocenters. The number of fused-ring (bicyclic) bond motifs is 1. The van der Waals surface area contributed by atoms with Crippen LogP contribution in [-0.2, 0) is 14.3 Å². The molecule has 2 fully saturated rings. The van der Waals surface area contributed by atoms with Crippen molar-refractivity contribution in [3.05, 3.63) is 35.6 Å². The van der Waals surface area contributed by atoms with Crippen LogP contribution in [0.2, 0.25) is 0 Å². The van der Waals surface area contributed by atoms with Gasteiger partial charge in [-0.05, 0) is 30.5 Å². The molecule has 0 radical (unpaired) electrons. The number of hydrogen-bond donors (Lipinski definition) is 2. The van der Waals surface area contributed by atoms with Gasteiger partial charge in [-0.1, -0.05) is 12.1 Å². The molecule has 1 saturated heterocycles. The van der Waals surface area contributed by atoms with Gasteiger partial charge in [-0.3, -0.25) is 4.79 Å². The van der Waals surface area contributed by atoms with Gasteiger partial charge < -0.3 is 20.5 Å². The number of nitrogens with one attached hydrogen (secondary N) is 1. The highest BCUT2D eigenvalue weighted by atomic mass is 19.1. The Balaban J connectivity index is 1.48. The number of amides is 1. The minimum absolute atomic E-state index is 0.133. The van der Waals surface area contributed by atoms with Crippen molar-refractivity contribution in [1.82, 2.24) is 5.32 Å². The second-order valence-electron chi connectivity index (χ2n) is 5.63. The molecule has 3 N–H and O–H groups in total. The summed E-state index contributed by atoms with van der Waals surface area (Å²) in [6, 6.07) is 5.46. The first-order valence-corrected chi connectivity index (χ1v) is 7.19. The Hall–Kier alpha value is -2.15. The van der Waals surface area contributed by atoms with Crippen molar-refractivity contribution in [2.45, 2.75) is 31.1 Å². The number of halogens is 1. The van der Waals surface area contributed by atoms with Crippen LogP contribution in [-0.4, -0.2) is 30.8 Å². The van der Waals surface area contributed by atoms with E-state index in [0.717, 1.165) is 5.56 Å². The average molecular weight is 308 g/mol. The van der Waals surface area contributed by atoms with Crippen LogP contribution < -0.4 is 11.1 Å². The number of rotatable bonds is 4. The molecule has 2 aliphatic rings. The average Bonchev–Trinajstić information content (AvgIpc) is 3.02. The van der Waals surface area contributed by atoms with E-state index in [1.54, 1.807) is 12.1 Å². The first kappa shape index (κ1) is 14.8. The molecule has 1 aromatic rings. The highest BCUT2D eigenvalue weighted by Crippen LogP contribution is 2.35. The predicted octanol–water partition coefficient (Wildman–Crippen LogP) is 1.26. The van der Waals surface area contributed by atoms with Gasteiger partial charge in [0.05, 0.1) is 0 Å². The van der Waals surface area contributed by atoms with E-state index >= 15 is 0 Å². The molecule has 1 saturated carbocycles. The maximum absolute atomic E-state index is 12.9. The molecule has 3 rings (SSSR count). The summed E-state index contributed by atoms with van der Waals surface area (Å²) < 4.78 is 22.8. The zero-order valence-corrected chi connectivity index (χ0v) is 11.8. The fraction of sp³-hybridized carbons (Fsp3) is 0.467. The first-order valence-electron chi connectivity index (χ1n) is 7.19. The summed E-state index contributed by atoms with van der Waals surface area (Å²) in [7, 11) is 0. The van der Waals surface area contributed by atoms with Crippen LogP contribution in [0, 0.1) is 11.7 Å². The standard InChI is InChI=1S/C15H17FN2O4/c16-10-3-1-8(2-4-10)11(17)7-18-14(19)9-5-12-13(6-9)22-15(20)21-12/h1-4,9,11-13H,5-7,17H2,(H,18,19)/t9?,11?,12-,13+. The number of hydrogen-bond acceptors (Lipinski definition) is 5. The molecule has 2 unspecified atom stereocenters. The Morgan fingerprint density at radius 2 is 1.86 bits per heavy atom. The SMILES string of the molecule is NC(CNC(=O)C1C[C@@H]2OC(=O)O[C@@H]2C1)c1ccc(F)cc1. The number of carbonyl (C=O) groups is 2. The van der Waals surface area contributed by atoms with E-state index in [9.17, 15) is 14.0 Å². The predicted molar refractivity (Wildman–Crippen MR) is 74.2 cm³/mol. The minimum atomic E-state index is -0.660. The zero-order valence-electron chi connectivity index (χ0n) is 11.8. The topological polar surface area (TPSA) is 90.6 Å². The Morgan fingerprint density at radius 3 is 2.45 bits per heavy atom. The third-order valence-corrected chi connectivity index (χ3v) is 4.11. The molecule has 0 bridgehead atoms. The molecule has 1 aromatic carbocycles. The van der Waals surface area contributed by atoms with E-state index in [4.69, 9.17) is 15.2 Å². The van der Waals surface area contributed by atoms with Crippen LogP contribution in [0.3, 0.4) is 0 Å². The van der Waals surface area contributed by atoms with Gasteiger partial charge in [-0.2, -0.15) is 0 Å². The quantitative estimate of drug-likeness (QED) is 0.817. The molecule has 22 heavy (non-hydrogen) atoms. The van der Waals surface area contributed by atoms with E-state index in [-0.39, 0.29) is 36.4 Å². The molecule has 7 heteroatoms. The smallest absolute Gasteiger partial charge is 0.427 e. The summed E-state index contributed by atoms with van der Waals surface area (Å²) in [4.78, 5) is 23.1. The van der Waals surface area contributed by atoms with Crippen molar-refractivity contribution in [3.63, 3.8) is 0 Å². The third-order valence-electron chi connectivity index (χ3n) is 4.11. The van der Waals surface area contributed by atoms with E-state index in [1.165, 1.54) is 12.1 Å². The second-order valence-corrected chi connectivity index (χ2v) is 5.63. The molecule has 118 valence electrons. The molecular formula is C15H17FN2O4. The number of benzene rings is 1. The summed E-state index contributed by atoms with van der Waals surface area (Å²) in [6.07, 6.45) is -0.377. The zero-order chi connectivity index (χ0) is 15.7. The van der Waals surface area contributed by atoms with Gasteiger partial charge in [-0.25, -0.2) is 9.18 Å². The van der Waals surface area contributed by atoms with Crippen LogP contribution in [0.4, 0.5) is 9.18 Å². The lowest BCUT2D eigenvalue weighted by molar-refractivity contribution is -0.125. The van der Waals surface area contributed by atoms with Crippen LogP contribution in [0.5, 0.6) is 0 Å². The van der Waals surface area contributed by atoms with Crippen LogP contribution in [0.25, 0.3) is 0 Å². The van der Waals surface area contributed by atoms with Crippen molar-refractivity contribution < 1.29 is 23.5 Å². The molecule has 1 aliphatic heterocycles. The molecular weight excluding hydrogens is 291 g/mol. The van der Waals surface area contributed by atoms with Crippen molar-refractivity contribution in [1.29, 1.82) is 0 Å². The number of carbonyl (C=O) groups excluding carboxylic acids is 2. The molecule has 1 heterocycles. The van der Waals surface area contributed by atoms with E-state index in [2.05, 4.69) is 5.32 Å². The summed E-state index contributed by atoms with van der Waals surface area (Å²) in [5, 5.41) is 2.78. The fourth-order valence-electron chi connectivity index (χ4n) is 2.88. The summed E-state index contributed by atoms with van der Waals surface area (Å²) in [6.45, 7) is 0.261. The summed E-state index contributed by atoms with van der Waals surface area (Å²) in [5.74, 6) is -0.706. The van der Waals surface area contributed by atoms with Gasteiger partial charge in [0, 0.05) is 18.5 Å². The molecule has 1 amide bonds. The van der Waals surface area contributed by atoms with Gasteiger partial charge >= 0.3 is 6.16 Å². The van der Waals surface area contributed by atoms with E-state index in [1.807, 2.05) is 0 Å². The lowest BCUT2D eigenvalue weighted by atomic mass is 10.1. The molecule has 6 nitrogen and oxygen atoms in total. The van der Waals surface area contributed by atoms with Gasteiger partial charge in [0.15, 0.2) is 0 Å². The Kier molecular flexibility index (Phi) is 3.98. The van der Waals surface area contributed by atoms with Crippen molar-refractivity contribution in [2.24, 2.45) is 11.7 Å². The molecule has 0 spiro atoms. The minimum Gasteiger partial charge on any atom is -0.427 e. The summed E-state index contributed by atoms with van der Waals surface area (Å²) >= 11 is 0. The van der Waals surface area contributed by atoms with Gasteiger partial charge in [0.2, 0.25) is 5.91 Å². The highest BCUT2D eigenvalue weighted by molar-refractivity contribution is 5.79. The van der Waals surface area contributed by atoms with Crippen molar-refractivity contribution in [3.8, 4) is 0 Å². The van der Waals surface area contributed by atoms with Crippen LogP contribution >= 0.6 is 0 Å².